The van der Waals surface area contributed by atoms with E-state index in [9.17, 15) is 31.2 Å². The van der Waals surface area contributed by atoms with Crippen molar-refractivity contribution in [2.24, 2.45) is 5.92 Å². The number of hydrogen-bond acceptors (Lipinski definition) is 4. The molecule has 0 aliphatic heterocycles. The normalized spacial score (nSPS) is 12.6. The summed E-state index contributed by atoms with van der Waals surface area (Å²) in [6, 6.07) is 17.6. The zero-order valence-electron chi connectivity index (χ0n) is 23.7. The summed E-state index contributed by atoms with van der Waals surface area (Å²) in [4.78, 5) is 28.9. The van der Waals surface area contributed by atoms with Crippen molar-refractivity contribution in [3.8, 4) is 0 Å². The maximum absolute atomic E-state index is 14.1. The van der Waals surface area contributed by atoms with Crippen molar-refractivity contribution >= 4 is 55.1 Å². The van der Waals surface area contributed by atoms with Gasteiger partial charge in [0.05, 0.1) is 22.5 Å². The number of benzene rings is 3. The van der Waals surface area contributed by atoms with Crippen molar-refractivity contribution in [1.29, 1.82) is 0 Å². The SMILES string of the molecule is CC(C)CNC(=O)[C@H](Cc1ccccc1)N(Cc1ccc(Br)cc1)C(=O)CN(c1ccc(Cl)c(C(F)(F)F)c1)S(C)(=O)=O. The van der Waals surface area contributed by atoms with Crippen LogP contribution in [0.5, 0.6) is 0 Å². The van der Waals surface area contributed by atoms with Crippen LogP contribution >= 0.6 is 27.5 Å². The first kappa shape index (κ1) is 34.4. The molecule has 0 unspecified atom stereocenters. The molecule has 0 heterocycles. The van der Waals surface area contributed by atoms with Crippen molar-refractivity contribution in [3.63, 3.8) is 0 Å². The van der Waals surface area contributed by atoms with Gasteiger partial charge in [0, 0.05) is 24.0 Å². The fourth-order valence-corrected chi connectivity index (χ4v) is 5.59. The van der Waals surface area contributed by atoms with E-state index in [1.54, 1.807) is 48.5 Å². The number of amides is 2. The molecule has 43 heavy (non-hydrogen) atoms. The second-order valence-corrected chi connectivity index (χ2v) is 13.7. The van der Waals surface area contributed by atoms with E-state index in [1.807, 2.05) is 19.9 Å². The highest BCUT2D eigenvalue weighted by molar-refractivity contribution is 9.10. The van der Waals surface area contributed by atoms with Crippen molar-refractivity contribution in [1.82, 2.24) is 10.2 Å². The minimum Gasteiger partial charge on any atom is -0.354 e. The number of alkyl halides is 3. The smallest absolute Gasteiger partial charge is 0.354 e. The molecule has 232 valence electrons. The average molecular weight is 703 g/mol. The van der Waals surface area contributed by atoms with Crippen molar-refractivity contribution < 1.29 is 31.2 Å². The van der Waals surface area contributed by atoms with Crippen LogP contribution in [0.15, 0.2) is 77.3 Å². The van der Waals surface area contributed by atoms with Gasteiger partial charge in [-0.3, -0.25) is 13.9 Å². The van der Waals surface area contributed by atoms with Crippen LogP contribution in [-0.4, -0.2) is 50.5 Å². The molecule has 3 aromatic rings. The van der Waals surface area contributed by atoms with Gasteiger partial charge in [-0.05, 0) is 47.4 Å². The molecular weight excluding hydrogens is 671 g/mol. The number of halogens is 5. The van der Waals surface area contributed by atoms with Crippen molar-refractivity contribution in [2.75, 3.05) is 23.7 Å². The fourth-order valence-electron chi connectivity index (χ4n) is 4.26. The molecule has 1 N–H and O–H groups in total. The van der Waals surface area contributed by atoms with Crippen LogP contribution in [-0.2, 0) is 38.8 Å². The number of rotatable bonds is 12. The van der Waals surface area contributed by atoms with Gasteiger partial charge in [0.2, 0.25) is 21.8 Å². The first-order valence-electron chi connectivity index (χ1n) is 13.3. The molecule has 0 spiro atoms. The van der Waals surface area contributed by atoms with Crippen LogP contribution in [0.1, 0.15) is 30.5 Å². The van der Waals surface area contributed by atoms with Gasteiger partial charge >= 0.3 is 6.18 Å². The Balaban J connectivity index is 2.09. The van der Waals surface area contributed by atoms with Crippen LogP contribution in [0, 0.1) is 5.92 Å². The number of nitrogens with zero attached hydrogens (tertiary/aromatic N) is 2. The Morgan fingerprint density at radius 3 is 2.16 bits per heavy atom. The van der Waals surface area contributed by atoms with Crippen LogP contribution in [0.2, 0.25) is 5.02 Å². The monoisotopic (exact) mass is 701 g/mol. The van der Waals surface area contributed by atoms with E-state index in [4.69, 9.17) is 11.6 Å². The van der Waals surface area contributed by atoms with Crippen LogP contribution in [0.3, 0.4) is 0 Å². The van der Waals surface area contributed by atoms with E-state index in [1.165, 1.54) is 4.90 Å². The molecule has 0 bridgehead atoms. The van der Waals surface area contributed by atoms with E-state index in [0.717, 1.165) is 28.4 Å². The summed E-state index contributed by atoms with van der Waals surface area (Å²) < 4.78 is 67.9. The second kappa shape index (κ2) is 14.6. The first-order chi connectivity index (χ1) is 20.1. The van der Waals surface area contributed by atoms with Crippen LogP contribution < -0.4 is 9.62 Å². The summed E-state index contributed by atoms with van der Waals surface area (Å²) in [5.41, 5.74) is -0.217. The van der Waals surface area contributed by atoms with Crippen molar-refractivity contribution in [2.45, 2.75) is 39.0 Å². The molecule has 1 atom stereocenters. The average Bonchev–Trinajstić information content (AvgIpc) is 2.93. The number of anilines is 1. The number of hydrogen-bond donors (Lipinski definition) is 1. The fraction of sp³-hybridized carbons (Fsp3) is 0.333. The first-order valence-corrected chi connectivity index (χ1v) is 16.3. The van der Waals surface area contributed by atoms with E-state index >= 15 is 0 Å². The van der Waals surface area contributed by atoms with E-state index in [-0.39, 0.29) is 24.6 Å². The van der Waals surface area contributed by atoms with E-state index < -0.39 is 51.2 Å². The minimum atomic E-state index is -4.86. The lowest BCUT2D eigenvalue weighted by Crippen LogP contribution is -2.53. The highest BCUT2D eigenvalue weighted by Crippen LogP contribution is 2.37. The van der Waals surface area contributed by atoms with Crippen LogP contribution in [0.25, 0.3) is 0 Å². The lowest BCUT2D eigenvalue weighted by molar-refractivity contribution is -0.140. The molecule has 0 saturated heterocycles. The number of carbonyl (C=O) groups excluding carboxylic acids is 2. The predicted octanol–water partition coefficient (Wildman–Crippen LogP) is 6.30. The Kier molecular flexibility index (Phi) is 11.7. The Morgan fingerprint density at radius 2 is 1.60 bits per heavy atom. The molecule has 7 nitrogen and oxygen atoms in total. The van der Waals surface area contributed by atoms with Gasteiger partial charge in [-0.25, -0.2) is 8.42 Å². The number of sulfonamides is 1. The third kappa shape index (κ3) is 9.97. The molecule has 0 aliphatic carbocycles. The van der Waals surface area contributed by atoms with E-state index in [2.05, 4.69) is 21.2 Å². The largest absolute Gasteiger partial charge is 0.417 e. The Labute approximate surface area is 263 Å². The van der Waals surface area contributed by atoms with Gasteiger partial charge in [0.15, 0.2) is 0 Å². The van der Waals surface area contributed by atoms with E-state index in [0.29, 0.717) is 22.5 Å². The Morgan fingerprint density at radius 1 is 0.977 bits per heavy atom. The maximum Gasteiger partial charge on any atom is 0.417 e. The summed E-state index contributed by atoms with van der Waals surface area (Å²) in [6.07, 6.45) is -3.95. The molecule has 13 heteroatoms. The summed E-state index contributed by atoms with van der Waals surface area (Å²) >= 11 is 9.12. The standard InChI is InChI=1S/C30H32BrClF3N3O4S/c1-20(2)17-36-29(40)27(15-21-7-5-4-6-8-21)37(18-22-9-11-23(31)12-10-22)28(39)19-38(43(3,41)42)24-13-14-26(32)25(16-24)30(33,34)35/h4-14,16,20,27H,15,17-19H2,1-3H3,(H,36,40)/t27-/m0/s1. The third-order valence-electron chi connectivity index (χ3n) is 6.44. The predicted molar refractivity (Wildman–Crippen MR) is 165 cm³/mol. The lowest BCUT2D eigenvalue weighted by Gasteiger charge is -2.33. The zero-order chi connectivity index (χ0) is 31.9. The summed E-state index contributed by atoms with van der Waals surface area (Å²) in [5.74, 6) is -1.11. The van der Waals surface area contributed by atoms with Crippen LogP contribution in [0.4, 0.5) is 18.9 Å². The minimum absolute atomic E-state index is 0.0647. The summed E-state index contributed by atoms with van der Waals surface area (Å²) in [5, 5.41) is 2.25. The summed E-state index contributed by atoms with van der Waals surface area (Å²) in [7, 11) is -4.26. The van der Waals surface area contributed by atoms with Gasteiger partial charge in [0.1, 0.15) is 12.6 Å². The number of nitrogens with one attached hydrogen (secondary N) is 1. The highest BCUT2D eigenvalue weighted by atomic mass is 79.9. The molecule has 2 amide bonds. The third-order valence-corrected chi connectivity index (χ3v) is 8.44. The van der Waals surface area contributed by atoms with Crippen molar-refractivity contribution in [3.05, 3.63) is 99.0 Å². The molecule has 0 aromatic heterocycles. The highest BCUT2D eigenvalue weighted by Gasteiger charge is 2.36. The second-order valence-electron chi connectivity index (χ2n) is 10.4. The van der Waals surface area contributed by atoms with Gasteiger partial charge in [-0.15, -0.1) is 0 Å². The molecule has 0 saturated carbocycles. The molecule has 3 aromatic carbocycles. The Bertz CT molecular complexity index is 1520. The zero-order valence-corrected chi connectivity index (χ0v) is 26.9. The molecule has 3 rings (SSSR count). The molecular formula is C30H32BrClF3N3O4S. The van der Waals surface area contributed by atoms with Gasteiger partial charge in [-0.2, -0.15) is 13.2 Å². The number of carbonyl (C=O) groups is 2. The van der Waals surface area contributed by atoms with Gasteiger partial charge in [-0.1, -0.05) is 83.8 Å². The molecule has 0 aliphatic rings. The topological polar surface area (TPSA) is 86.8 Å². The van der Waals surface area contributed by atoms with Gasteiger partial charge < -0.3 is 10.2 Å². The summed E-state index contributed by atoms with van der Waals surface area (Å²) in [6.45, 7) is 3.26. The molecule has 0 fully saturated rings. The molecule has 0 radical (unpaired) electrons. The maximum atomic E-state index is 14.1. The van der Waals surface area contributed by atoms with Gasteiger partial charge in [0.25, 0.3) is 0 Å². The quantitative estimate of drug-likeness (QED) is 0.240. The lowest BCUT2D eigenvalue weighted by atomic mass is 10.0. The Hall–Kier alpha value is -3.09.